The van der Waals surface area contributed by atoms with E-state index in [9.17, 15) is 0 Å². The Balaban J connectivity index is 2.30. The lowest BCUT2D eigenvalue weighted by atomic mass is 10.2. The maximum absolute atomic E-state index is 5.69. The van der Waals surface area contributed by atoms with Gasteiger partial charge in [-0.3, -0.25) is 0 Å². The quantitative estimate of drug-likeness (QED) is 0.885. The van der Waals surface area contributed by atoms with Gasteiger partial charge >= 0.3 is 0 Å². The molecule has 2 rings (SSSR count). The highest BCUT2D eigenvalue weighted by atomic mass is 79.9. The molecule has 82 valence electrons. The number of nitrogens with two attached hydrogens (primary N) is 1. The number of hydrogen-bond donors (Lipinski definition) is 1. The molecule has 0 bridgehead atoms. The molecule has 0 atom stereocenters. The maximum atomic E-state index is 5.69. The molecule has 1 heterocycles. The number of rotatable bonds is 3. The Kier molecular flexibility index (Phi) is 3.93. The zero-order valence-electron chi connectivity index (χ0n) is 8.43. The normalized spacial score (nSPS) is 10.4. The van der Waals surface area contributed by atoms with Gasteiger partial charge in [0.25, 0.3) is 0 Å². The SMILES string of the molecule is NCc1ccc(Br)cc1Sc1ccncn1. The number of halogens is 1. The summed E-state index contributed by atoms with van der Waals surface area (Å²) < 4.78 is 1.04. The molecule has 2 N–H and O–H groups in total. The molecule has 0 unspecified atom stereocenters. The van der Waals surface area contributed by atoms with Gasteiger partial charge in [-0.25, -0.2) is 9.97 Å². The van der Waals surface area contributed by atoms with E-state index in [2.05, 4.69) is 32.0 Å². The third-order valence-electron chi connectivity index (χ3n) is 2.02. The monoisotopic (exact) mass is 295 g/mol. The molecule has 0 aliphatic heterocycles. The Labute approximate surface area is 107 Å². The Bertz CT molecular complexity index is 476. The number of aromatic nitrogens is 2. The van der Waals surface area contributed by atoms with Crippen molar-refractivity contribution >= 4 is 27.7 Å². The number of nitrogens with zero attached hydrogens (tertiary/aromatic N) is 2. The number of benzene rings is 1. The molecule has 3 nitrogen and oxygen atoms in total. The van der Waals surface area contributed by atoms with Gasteiger partial charge in [-0.15, -0.1) is 0 Å². The summed E-state index contributed by atoms with van der Waals surface area (Å²) in [6.45, 7) is 0.528. The molecule has 0 fully saturated rings. The van der Waals surface area contributed by atoms with Crippen LogP contribution in [0, 0.1) is 0 Å². The fourth-order valence-electron chi connectivity index (χ4n) is 1.24. The highest BCUT2D eigenvalue weighted by Crippen LogP contribution is 2.30. The van der Waals surface area contributed by atoms with Gasteiger partial charge in [0.2, 0.25) is 0 Å². The van der Waals surface area contributed by atoms with Gasteiger partial charge in [-0.2, -0.15) is 0 Å². The van der Waals surface area contributed by atoms with E-state index < -0.39 is 0 Å². The van der Waals surface area contributed by atoms with Crippen molar-refractivity contribution in [2.75, 3.05) is 0 Å². The lowest BCUT2D eigenvalue weighted by Gasteiger charge is -2.07. The summed E-state index contributed by atoms with van der Waals surface area (Å²) in [6.07, 6.45) is 3.28. The minimum absolute atomic E-state index is 0.528. The van der Waals surface area contributed by atoms with Crippen molar-refractivity contribution in [3.63, 3.8) is 0 Å². The average Bonchev–Trinajstić information content (AvgIpc) is 2.31. The minimum atomic E-state index is 0.528. The molecule has 2 aromatic rings. The van der Waals surface area contributed by atoms with Gasteiger partial charge in [-0.1, -0.05) is 33.8 Å². The smallest absolute Gasteiger partial charge is 0.116 e. The zero-order valence-corrected chi connectivity index (χ0v) is 10.8. The Hall–Kier alpha value is -0.910. The van der Waals surface area contributed by atoms with Gasteiger partial charge in [0, 0.05) is 22.1 Å². The van der Waals surface area contributed by atoms with Gasteiger partial charge in [0.1, 0.15) is 11.4 Å². The van der Waals surface area contributed by atoms with Crippen molar-refractivity contribution in [2.45, 2.75) is 16.5 Å². The van der Waals surface area contributed by atoms with Crippen LogP contribution < -0.4 is 5.73 Å². The fraction of sp³-hybridized carbons (Fsp3) is 0.0909. The van der Waals surface area contributed by atoms with E-state index in [0.29, 0.717) is 6.54 Å². The van der Waals surface area contributed by atoms with Crippen LogP contribution in [0.25, 0.3) is 0 Å². The molecule has 0 aliphatic rings. The van der Waals surface area contributed by atoms with E-state index in [1.165, 1.54) is 0 Å². The molecule has 0 amide bonds. The standard InChI is InChI=1S/C11H10BrN3S/c12-9-2-1-8(6-13)10(5-9)16-11-3-4-14-7-15-11/h1-5,7H,6,13H2. The first-order chi connectivity index (χ1) is 7.79. The summed E-state index contributed by atoms with van der Waals surface area (Å²) >= 11 is 5.04. The van der Waals surface area contributed by atoms with Crippen molar-refractivity contribution < 1.29 is 0 Å². The van der Waals surface area contributed by atoms with Crippen LogP contribution in [0.5, 0.6) is 0 Å². The predicted octanol–water partition coefficient (Wildman–Crippen LogP) is 2.85. The van der Waals surface area contributed by atoms with E-state index >= 15 is 0 Å². The zero-order chi connectivity index (χ0) is 11.4. The van der Waals surface area contributed by atoms with Gasteiger partial charge in [0.05, 0.1) is 0 Å². The number of hydrogen-bond acceptors (Lipinski definition) is 4. The summed E-state index contributed by atoms with van der Waals surface area (Å²) in [5, 5.41) is 0.919. The van der Waals surface area contributed by atoms with E-state index in [1.54, 1.807) is 24.3 Å². The molecule has 5 heteroatoms. The van der Waals surface area contributed by atoms with E-state index in [1.807, 2.05) is 18.2 Å². The fourth-order valence-corrected chi connectivity index (χ4v) is 2.68. The Morgan fingerprint density at radius 2 is 2.19 bits per heavy atom. The van der Waals surface area contributed by atoms with Crippen LogP contribution in [-0.2, 0) is 6.54 Å². The molecule has 0 aliphatic carbocycles. The molecule has 0 saturated carbocycles. The second kappa shape index (κ2) is 5.43. The lowest BCUT2D eigenvalue weighted by molar-refractivity contribution is 1.01. The van der Waals surface area contributed by atoms with Crippen molar-refractivity contribution in [3.8, 4) is 0 Å². The van der Waals surface area contributed by atoms with Gasteiger partial charge in [0.15, 0.2) is 0 Å². The molecule has 1 aromatic carbocycles. The van der Waals surface area contributed by atoms with Crippen LogP contribution in [0.15, 0.2) is 51.2 Å². The van der Waals surface area contributed by atoms with Crippen molar-refractivity contribution in [1.29, 1.82) is 0 Å². The summed E-state index contributed by atoms with van der Waals surface area (Å²) in [7, 11) is 0. The van der Waals surface area contributed by atoms with E-state index in [4.69, 9.17) is 5.73 Å². The highest BCUT2D eigenvalue weighted by molar-refractivity contribution is 9.10. The first-order valence-corrected chi connectivity index (χ1v) is 6.33. The second-order valence-corrected chi connectivity index (χ2v) is 5.08. The molecule has 0 spiro atoms. The van der Waals surface area contributed by atoms with Crippen LogP contribution in [0.3, 0.4) is 0 Å². The van der Waals surface area contributed by atoms with Crippen LogP contribution in [0.2, 0.25) is 0 Å². The molecule has 1 aromatic heterocycles. The summed E-state index contributed by atoms with van der Waals surface area (Å²) in [6, 6.07) is 7.95. The largest absolute Gasteiger partial charge is 0.326 e. The van der Waals surface area contributed by atoms with Crippen molar-refractivity contribution in [3.05, 3.63) is 46.8 Å². The van der Waals surface area contributed by atoms with Crippen molar-refractivity contribution in [2.24, 2.45) is 5.73 Å². The third kappa shape index (κ3) is 2.81. The third-order valence-corrected chi connectivity index (χ3v) is 3.56. The maximum Gasteiger partial charge on any atom is 0.116 e. The first-order valence-electron chi connectivity index (χ1n) is 4.72. The average molecular weight is 296 g/mol. The lowest BCUT2D eigenvalue weighted by Crippen LogP contribution is -1.98. The Morgan fingerprint density at radius 3 is 2.88 bits per heavy atom. The predicted molar refractivity (Wildman–Crippen MR) is 68.2 cm³/mol. The Morgan fingerprint density at radius 1 is 1.31 bits per heavy atom. The van der Waals surface area contributed by atoms with Gasteiger partial charge < -0.3 is 5.73 Å². The molecular weight excluding hydrogens is 286 g/mol. The first kappa shape index (κ1) is 11.6. The van der Waals surface area contributed by atoms with Gasteiger partial charge in [-0.05, 0) is 23.8 Å². The van der Waals surface area contributed by atoms with Crippen LogP contribution >= 0.6 is 27.7 Å². The molecule has 0 radical (unpaired) electrons. The minimum Gasteiger partial charge on any atom is -0.326 e. The van der Waals surface area contributed by atoms with Crippen molar-refractivity contribution in [1.82, 2.24) is 9.97 Å². The second-order valence-electron chi connectivity index (χ2n) is 3.11. The molecule has 0 saturated heterocycles. The summed E-state index contributed by atoms with van der Waals surface area (Å²) in [5.41, 5.74) is 6.81. The van der Waals surface area contributed by atoms with Crippen LogP contribution in [-0.4, -0.2) is 9.97 Å². The molecule has 16 heavy (non-hydrogen) atoms. The highest BCUT2D eigenvalue weighted by Gasteiger charge is 2.04. The van der Waals surface area contributed by atoms with Crippen LogP contribution in [0.1, 0.15) is 5.56 Å². The molecular formula is C11H10BrN3S. The van der Waals surface area contributed by atoms with E-state index in [0.717, 1.165) is 20.0 Å². The van der Waals surface area contributed by atoms with Crippen LogP contribution in [0.4, 0.5) is 0 Å². The summed E-state index contributed by atoms with van der Waals surface area (Å²) in [5.74, 6) is 0. The topological polar surface area (TPSA) is 51.8 Å². The van der Waals surface area contributed by atoms with E-state index in [-0.39, 0.29) is 0 Å². The summed E-state index contributed by atoms with van der Waals surface area (Å²) in [4.78, 5) is 9.18.